The minimum Gasteiger partial charge on any atom is -0.491 e. The molecule has 0 unspecified atom stereocenters. The van der Waals surface area contributed by atoms with Crippen LogP contribution in [0.3, 0.4) is 0 Å². The molecule has 0 saturated heterocycles. The van der Waals surface area contributed by atoms with Crippen LogP contribution in [0.4, 0.5) is 0 Å². The highest BCUT2D eigenvalue weighted by Gasteiger charge is 2.11. The van der Waals surface area contributed by atoms with Crippen molar-refractivity contribution < 1.29 is 9.53 Å². The summed E-state index contributed by atoms with van der Waals surface area (Å²) in [5, 5.41) is 10.0. The first-order chi connectivity index (χ1) is 14.0. The molecule has 0 aliphatic carbocycles. The van der Waals surface area contributed by atoms with Crippen LogP contribution >= 0.6 is 12.2 Å². The molecule has 3 rings (SSSR count). The third kappa shape index (κ3) is 5.32. The third-order valence-corrected chi connectivity index (χ3v) is 5.02. The Morgan fingerprint density at radius 3 is 2.52 bits per heavy atom. The predicted octanol–water partition coefficient (Wildman–Crippen LogP) is 4.12. The second-order valence-electron chi connectivity index (χ2n) is 7.04. The number of amides is 1. The van der Waals surface area contributed by atoms with Gasteiger partial charge >= 0.3 is 0 Å². The van der Waals surface area contributed by atoms with Gasteiger partial charge in [-0.15, -0.1) is 0 Å². The van der Waals surface area contributed by atoms with Crippen LogP contribution in [0.15, 0.2) is 42.5 Å². The number of para-hydroxylation sites is 1. The van der Waals surface area contributed by atoms with Gasteiger partial charge < -0.3 is 10.1 Å². The van der Waals surface area contributed by atoms with Crippen LogP contribution in [0.2, 0.25) is 0 Å². The van der Waals surface area contributed by atoms with Gasteiger partial charge in [0.25, 0.3) is 0 Å². The zero-order chi connectivity index (χ0) is 20.8. The van der Waals surface area contributed by atoms with Crippen molar-refractivity contribution in [3.63, 3.8) is 0 Å². The van der Waals surface area contributed by atoms with Crippen LogP contribution in [0.25, 0.3) is 11.4 Å². The summed E-state index contributed by atoms with van der Waals surface area (Å²) >= 11 is 5.33. The number of H-pyrrole nitrogens is 1. The van der Waals surface area contributed by atoms with E-state index in [4.69, 9.17) is 17.0 Å². The lowest BCUT2D eigenvalue weighted by Gasteiger charge is -2.12. The Bertz CT molecular complexity index is 1020. The molecule has 0 saturated carbocycles. The summed E-state index contributed by atoms with van der Waals surface area (Å²) in [5.41, 5.74) is 4.32. The fourth-order valence-electron chi connectivity index (χ4n) is 3.12. The van der Waals surface area contributed by atoms with E-state index in [0.29, 0.717) is 30.9 Å². The maximum absolute atomic E-state index is 12.2. The first-order valence-corrected chi connectivity index (χ1v) is 10.0. The van der Waals surface area contributed by atoms with Crippen molar-refractivity contribution in [2.24, 2.45) is 0 Å². The van der Waals surface area contributed by atoms with Crippen LogP contribution < -0.4 is 10.1 Å². The van der Waals surface area contributed by atoms with Crippen LogP contribution in [0, 0.1) is 25.5 Å². The largest absolute Gasteiger partial charge is 0.491 e. The molecule has 0 aliphatic rings. The molecule has 152 valence electrons. The Morgan fingerprint density at radius 1 is 1.14 bits per heavy atom. The molecule has 0 fully saturated rings. The van der Waals surface area contributed by atoms with Crippen LogP contribution in [-0.2, 0) is 11.3 Å². The third-order valence-electron chi connectivity index (χ3n) is 4.71. The number of nitrogens with zero attached hydrogens (tertiary/aromatic N) is 2. The Kier molecular flexibility index (Phi) is 6.82. The second kappa shape index (κ2) is 9.52. The summed E-state index contributed by atoms with van der Waals surface area (Å²) in [6.45, 7) is 7.41. The monoisotopic (exact) mass is 410 g/mol. The molecule has 2 aromatic carbocycles. The number of aromatic amines is 1. The molecule has 0 bridgehead atoms. The Hall–Kier alpha value is -2.93. The molecule has 0 aliphatic heterocycles. The van der Waals surface area contributed by atoms with E-state index >= 15 is 0 Å². The molecule has 0 radical (unpaired) electrons. The van der Waals surface area contributed by atoms with Crippen molar-refractivity contribution in [2.45, 2.75) is 33.7 Å². The molecule has 0 spiro atoms. The zero-order valence-corrected chi connectivity index (χ0v) is 17.8. The number of carbonyl (C=O) groups excluding carboxylic acids is 1. The van der Waals surface area contributed by atoms with Gasteiger partial charge in [-0.25, -0.2) is 0 Å². The van der Waals surface area contributed by atoms with Crippen LogP contribution in [0.1, 0.15) is 23.1 Å². The highest BCUT2D eigenvalue weighted by molar-refractivity contribution is 7.71. The molecule has 7 heteroatoms. The van der Waals surface area contributed by atoms with Gasteiger partial charge in [-0.05, 0) is 44.1 Å². The summed E-state index contributed by atoms with van der Waals surface area (Å²) in [7, 11) is 0. The van der Waals surface area contributed by atoms with E-state index < -0.39 is 0 Å². The van der Waals surface area contributed by atoms with Crippen LogP contribution in [0.5, 0.6) is 5.75 Å². The molecule has 1 aromatic heterocycles. The van der Waals surface area contributed by atoms with Gasteiger partial charge in [0.15, 0.2) is 10.6 Å². The molecule has 2 N–H and O–H groups in total. The Balaban J connectivity index is 1.51. The van der Waals surface area contributed by atoms with E-state index in [9.17, 15) is 4.79 Å². The first-order valence-electron chi connectivity index (χ1n) is 9.63. The van der Waals surface area contributed by atoms with Crippen molar-refractivity contribution in [2.75, 3.05) is 13.2 Å². The zero-order valence-electron chi connectivity index (χ0n) is 17.0. The number of rotatable bonds is 8. The van der Waals surface area contributed by atoms with Gasteiger partial charge in [0.1, 0.15) is 12.4 Å². The molecular formula is C22H26N4O2S. The number of carbonyl (C=O) groups is 1. The number of ether oxygens (including phenoxy) is 1. The highest BCUT2D eigenvalue weighted by Crippen LogP contribution is 2.22. The molecule has 1 heterocycles. The van der Waals surface area contributed by atoms with Crippen molar-refractivity contribution in [1.29, 1.82) is 0 Å². The smallest absolute Gasteiger partial charge is 0.221 e. The quantitative estimate of drug-likeness (QED) is 0.433. The fraction of sp³-hybridized carbons (Fsp3) is 0.318. The Morgan fingerprint density at radius 2 is 1.83 bits per heavy atom. The van der Waals surface area contributed by atoms with Gasteiger partial charge in [0.2, 0.25) is 5.91 Å². The SMILES string of the molecule is Cc1ccc(-c2n[nH]c(=S)n2CCC(=O)NCCOc2c(C)cccc2C)cc1. The van der Waals surface area contributed by atoms with E-state index in [1.807, 2.05) is 67.8 Å². The van der Waals surface area contributed by atoms with Crippen molar-refractivity contribution in [1.82, 2.24) is 20.1 Å². The summed E-state index contributed by atoms with van der Waals surface area (Å²) in [6, 6.07) is 14.1. The molecule has 1 amide bonds. The Labute approximate surface area is 175 Å². The summed E-state index contributed by atoms with van der Waals surface area (Å²) in [6.07, 6.45) is 0.316. The normalized spacial score (nSPS) is 10.7. The van der Waals surface area contributed by atoms with Gasteiger partial charge in [-0.1, -0.05) is 48.0 Å². The van der Waals surface area contributed by atoms with E-state index in [2.05, 4.69) is 15.5 Å². The topological polar surface area (TPSA) is 71.9 Å². The van der Waals surface area contributed by atoms with Gasteiger partial charge in [-0.2, -0.15) is 5.10 Å². The first kappa shape index (κ1) is 20.8. The molecule has 29 heavy (non-hydrogen) atoms. The lowest BCUT2D eigenvalue weighted by Crippen LogP contribution is -2.29. The average Bonchev–Trinajstić information content (AvgIpc) is 3.06. The van der Waals surface area contributed by atoms with E-state index in [1.165, 1.54) is 5.56 Å². The van der Waals surface area contributed by atoms with Gasteiger partial charge in [-0.3, -0.25) is 14.5 Å². The number of benzene rings is 2. The summed E-state index contributed by atoms with van der Waals surface area (Å²) < 4.78 is 8.18. The predicted molar refractivity (Wildman–Crippen MR) is 117 cm³/mol. The number of hydrogen-bond donors (Lipinski definition) is 2. The second-order valence-corrected chi connectivity index (χ2v) is 7.43. The summed E-state index contributed by atoms with van der Waals surface area (Å²) in [4.78, 5) is 12.2. The average molecular weight is 411 g/mol. The molecule has 6 nitrogen and oxygen atoms in total. The fourth-order valence-corrected chi connectivity index (χ4v) is 3.34. The molecule has 3 aromatic rings. The van der Waals surface area contributed by atoms with E-state index in [0.717, 1.165) is 28.3 Å². The lowest BCUT2D eigenvalue weighted by atomic mass is 10.1. The van der Waals surface area contributed by atoms with Gasteiger partial charge in [0, 0.05) is 18.5 Å². The maximum atomic E-state index is 12.2. The maximum Gasteiger partial charge on any atom is 0.221 e. The standard InChI is InChI=1S/C22H26N4O2S/c1-15-7-9-18(10-8-15)21-24-25-22(29)26(21)13-11-19(27)23-12-14-28-20-16(2)5-4-6-17(20)3/h4-10H,11-14H2,1-3H3,(H,23,27)(H,25,29). The van der Waals surface area contributed by atoms with Crippen LogP contribution in [-0.4, -0.2) is 33.8 Å². The van der Waals surface area contributed by atoms with Crippen molar-refractivity contribution >= 4 is 18.1 Å². The van der Waals surface area contributed by atoms with E-state index in [-0.39, 0.29) is 5.91 Å². The van der Waals surface area contributed by atoms with E-state index in [1.54, 1.807) is 0 Å². The minimum absolute atomic E-state index is 0.0481. The minimum atomic E-state index is -0.0481. The molecule has 0 atom stereocenters. The number of aromatic nitrogens is 3. The number of nitrogens with one attached hydrogen (secondary N) is 2. The lowest BCUT2D eigenvalue weighted by molar-refractivity contribution is -0.121. The summed E-state index contributed by atoms with van der Waals surface area (Å²) in [5.74, 6) is 1.57. The molecular weight excluding hydrogens is 384 g/mol. The number of hydrogen-bond acceptors (Lipinski definition) is 4. The highest BCUT2D eigenvalue weighted by atomic mass is 32.1. The number of aryl methyl sites for hydroxylation is 3. The van der Waals surface area contributed by atoms with Crippen molar-refractivity contribution in [3.05, 3.63) is 63.9 Å². The van der Waals surface area contributed by atoms with Gasteiger partial charge in [0.05, 0.1) is 6.54 Å². The van der Waals surface area contributed by atoms with Crippen molar-refractivity contribution in [3.8, 4) is 17.1 Å².